The molecule has 0 unspecified atom stereocenters. The van der Waals surface area contributed by atoms with Crippen molar-refractivity contribution in [3.05, 3.63) is 65.7 Å². The Morgan fingerprint density at radius 3 is 2.64 bits per heavy atom. The second kappa shape index (κ2) is 8.19. The third kappa shape index (κ3) is 4.97. The molecule has 1 aromatic carbocycles. The number of ether oxygens (including phenoxy) is 1. The molecule has 6 nitrogen and oxygen atoms in total. The summed E-state index contributed by atoms with van der Waals surface area (Å²) in [7, 11) is 1.67. The van der Waals surface area contributed by atoms with Gasteiger partial charge in [-0.25, -0.2) is 4.98 Å². The molecule has 0 amide bonds. The van der Waals surface area contributed by atoms with Gasteiger partial charge in [-0.1, -0.05) is 12.1 Å². The predicted molar refractivity (Wildman–Crippen MR) is 98.0 cm³/mol. The number of nitrogens with zero attached hydrogens (tertiary/aromatic N) is 2. The van der Waals surface area contributed by atoms with Crippen LogP contribution in [0.25, 0.3) is 0 Å². The SMILES string of the molecule is COc1ccc(CCNc2cc(C)nc(NCc3ccco3)n2)cc1. The van der Waals surface area contributed by atoms with Gasteiger partial charge in [0.15, 0.2) is 0 Å². The van der Waals surface area contributed by atoms with Gasteiger partial charge in [0.25, 0.3) is 0 Å². The predicted octanol–water partition coefficient (Wildman–Crippen LogP) is 3.65. The first-order valence-electron chi connectivity index (χ1n) is 8.21. The minimum atomic E-state index is 0.557. The molecule has 2 heterocycles. The van der Waals surface area contributed by atoms with Crippen molar-refractivity contribution < 1.29 is 9.15 Å². The van der Waals surface area contributed by atoms with Gasteiger partial charge in [0.1, 0.15) is 17.3 Å². The summed E-state index contributed by atoms with van der Waals surface area (Å²) in [5, 5.41) is 6.53. The fourth-order valence-corrected chi connectivity index (χ4v) is 2.44. The summed E-state index contributed by atoms with van der Waals surface area (Å²) in [5.41, 5.74) is 2.15. The topological polar surface area (TPSA) is 72.2 Å². The smallest absolute Gasteiger partial charge is 0.225 e. The Labute approximate surface area is 147 Å². The lowest BCUT2D eigenvalue weighted by atomic mass is 10.1. The molecule has 3 aromatic rings. The Kier molecular flexibility index (Phi) is 5.51. The van der Waals surface area contributed by atoms with Gasteiger partial charge in [0.2, 0.25) is 5.95 Å². The van der Waals surface area contributed by atoms with E-state index in [1.165, 1.54) is 5.56 Å². The van der Waals surface area contributed by atoms with E-state index in [0.717, 1.165) is 36.0 Å². The van der Waals surface area contributed by atoms with E-state index in [2.05, 4.69) is 32.7 Å². The second-order valence-corrected chi connectivity index (χ2v) is 5.68. The van der Waals surface area contributed by atoms with Crippen molar-refractivity contribution in [3.8, 4) is 5.75 Å². The highest BCUT2D eigenvalue weighted by molar-refractivity contribution is 5.42. The van der Waals surface area contributed by atoms with Gasteiger partial charge in [-0.3, -0.25) is 0 Å². The molecular weight excluding hydrogens is 316 g/mol. The maximum Gasteiger partial charge on any atom is 0.225 e. The van der Waals surface area contributed by atoms with Crippen LogP contribution in [0.3, 0.4) is 0 Å². The van der Waals surface area contributed by atoms with E-state index in [1.807, 2.05) is 37.3 Å². The largest absolute Gasteiger partial charge is 0.497 e. The number of benzene rings is 1. The molecule has 0 spiro atoms. The van der Waals surface area contributed by atoms with E-state index in [-0.39, 0.29) is 0 Å². The van der Waals surface area contributed by atoms with Gasteiger partial charge in [-0.2, -0.15) is 4.98 Å². The van der Waals surface area contributed by atoms with Crippen LogP contribution in [0.1, 0.15) is 17.0 Å². The van der Waals surface area contributed by atoms with Crippen LogP contribution in [0, 0.1) is 6.92 Å². The average Bonchev–Trinajstić information content (AvgIpc) is 3.14. The number of furan rings is 1. The first-order valence-corrected chi connectivity index (χ1v) is 8.21. The molecule has 0 saturated heterocycles. The highest BCUT2D eigenvalue weighted by Gasteiger charge is 2.03. The summed E-state index contributed by atoms with van der Waals surface area (Å²) < 4.78 is 10.5. The number of hydrogen-bond acceptors (Lipinski definition) is 6. The van der Waals surface area contributed by atoms with E-state index in [4.69, 9.17) is 9.15 Å². The van der Waals surface area contributed by atoms with E-state index in [1.54, 1.807) is 13.4 Å². The maximum atomic E-state index is 5.30. The molecule has 0 saturated carbocycles. The number of hydrogen-bond donors (Lipinski definition) is 2. The lowest BCUT2D eigenvalue weighted by Crippen LogP contribution is -2.10. The molecule has 2 aromatic heterocycles. The van der Waals surface area contributed by atoms with E-state index in [0.29, 0.717) is 12.5 Å². The Morgan fingerprint density at radius 1 is 1.08 bits per heavy atom. The van der Waals surface area contributed by atoms with Crippen LogP contribution < -0.4 is 15.4 Å². The first-order chi connectivity index (χ1) is 12.2. The van der Waals surface area contributed by atoms with Crippen LogP contribution in [0.5, 0.6) is 5.75 Å². The molecular formula is C19H22N4O2. The van der Waals surface area contributed by atoms with Gasteiger partial charge < -0.3 is 19.8 Å². The van der Waals surface area contributed by atoms with E-state index in [9.17, 15) is 0 Å². The minimum absolute atomic E-state index is 0.557. The molecule has 0 aliphatic rings. The van der Waals surface area contributed by atoms with Crippen LogP contribution in [-0.2, 0) is 13.0 Å². The van der Waals surface area contributed by atoms with Crippen LogP contribution >= 0.6 is 0 Å². The van der Waals surface area contributed by atoms with Crippen molar-refractivity contribution >= 4 is 11.8 Å². The highest BCUT2D eigenvalue weighted by atomic mass is 16.5. The molecule has 0 atom stereocenters. The molecule has 6 heteroatoms. The van der Waals surface area contributed by atoms with Crippen LogP contribution in [0.2, 0.25) is 0 Å². The van der Waals surface area contributed by atoms with Crippen LogP contribution in [0.15, 0.2) is 53.1 Å². The van der Waals surface area contributed by atoms with E-state index >= 15 is 0 Å². The summed E-state index contributed by atoms with van der Waals surface area (Å²) >= 11 is 0. The number of nitrogens with one attached hydrogen (secondary N) is 2. The average molecular weight is 338 g/mol. The molecule has 0 fully saturated rings. The van der Waals surface area contributed by atoms with Crippen molar-refractivity contribution in [1.29, 1.82) is 0 Å². The Balaban J connectivity index is 1.54. The molecule has 25 heavy (non-hydrogen) atoms. The quantitative estimate of drug-likeness (QED) is 0.653. The molecule has 0 aliphatic carbocycles. The lowest BCUT2D eigenvalue weighted by Gasteiger charge is -2.10. The number of aryl methyl sites for hydroxylation is 1. The number of rotatable bonds is 8. The zero-order chi connectivity index (χ0) is 17.5. The Hall–Kier alpha value is -3.02. The fraction of sp³-hybridized carbons (Fsp3) is 0.263. The fourth-order valence-electron chi connectivity index (χ4n) is 2.44. The Bertz CT molecular complexity index is 786. The van der Waals surface area contributed by atoms with Crippen LogP contribution in [0.4, 0.5) is 11.8 Å². The molecule has 2 N–H and O–H groups in total. The first kappa shape index (κ1) is 16.8. The summed E-state index contributed by atoms with van der Waals surface area (Å²) in [6.07, 6.45) is 2.56. The summed E-state index contributed by atoms with van der Waals surface area (Å²) in [5.74, 6) is 3.11. The third-order valence-corrected chi connectivity index (χ3v) is 3.73. The molecule has 130 valence electrons. The molecule has 0 radical (unpaired) electrons. The number of aromatic nitrogens is 2. The Morgan fingerprint density at radius 2 is 1.92 bits per heavy atom. The zero-order valence-electron chi connectivity index (χ0n) is 14.5. The second-order valence-electron chi connectivity index (χ2n) is 5.68. The monoisotopic (exact) mass is 338 g/mol. The summed E-state index contributed by atoms with van der Waals surface area (Å²) in [6, 6.07) is 13.8. The highest BCUT2D eigenvalue weighted by Crippen LogP contribution is 2.13. The van der Waals surface area contributed by atoms with Gasteiger partial charge in [-0.15, -0.1) is 0 Å². The number of anilines is 2. The molecule has 0 bridgehead atoms. The summed E-state index contributed by atoms with van der Waals surface area (Å²) in [4.78, 5) is 8.90. The van der Waals surface area contributed by atoms with Crippen molar-refractivity contribution in [2.75, 3.05) is 24.3 Å². The third-order valence-electron chi connectivity index (χ3n) is 3.73. The normalized spacial score (nSPS) is 10.5. The summed E-state index contributed by atoms with van der Waals surface area (Å²) in [6.45, 7) is 3.30. The van der Waals surface area contributed by atoms with Crippen LogP contribution in [-0.4, -0.2) is 23.6 Å². The van der Waals surface area contributed by atoms with Crippen molar-refractivity contribution in [2.45, 2.75) is 19.9 Å². The van der Waals surface area contributed by atoms with Gasteiger partial charge in [0.05, 0.1) is 19.9 Å². The van der Waals surface area contributed by atoms with Gasteiger partial charge in [-0.05, 0) is 43.2 Å². The van der Waals surface area contributed by atoms with Crippen molar-refractivity contribution in [1.82, 2.24) is 9.97 Å². The molecule has 0 aliphatic heterocycles. The van der Waals surface area contributed by atoms with Gasteiger partial charge >= 0.3 is 0 Å². The van der Waals surface area contributed by atoms with Crippen molar-refractivity contribution in [2.24, 2.45) is 0 Å². The maximum absolute atomic E-state index is 5.30. The van der Waals surface area contributed by atoms with Gasteiger partial charge in [0, 0.05) is 18.3 Å². The van der Waals surface area contributed by atoms with E-state index < -0.39 is 0 Å². The minimum Gasteiger partial charge on any atom is -0.497 e. The standard InChI is InChI=1S/C19H22N4O2/c1-14-12-18(20-10-9-15-5-7-16(24-2)8-6-15)23-19(22-14)21-13-17-4-3-11-25-17/h3-8,11-12H,9-10,13H2,1-2H3,(H2,20,21,22,23). The van der Waals surface area contributed by atoms with Crippen molar-refractivity contribution in [3.63, 3.8) is 0 Å². The molecule has 3 rings (SSSR count). The lowest BCUT2D eigenvalue weighted by molar-refractivity contribution is 0.414. The zero-order valence-corrected chi connectivity index (χ0v) is 14.5. The number of methoxy groups -OCH3 is 1.